The number of hydrogen-bond acceptors (Lipinski definition) is 4. The molecule has 2 aliphatic rings. The molecule has 0 atom stereocenters. The van der Waals surface area contributed by atoms with Crippen LogP contribution in [0.3, 0.4) is 0 Å². The predicted molar refractivity (Wildman–Crippen MR) is 89.1 cm³/mol. The van der Waals surface area contributed by atoms with Crippen LogP contribution in [0.15, 0.2) is 14.7 Å². The van der Waals surface area contributed by atoms with Crippen molar-refractivity contribution in [2.24, 2.45) is 0 Å². The lowest BCUT2D eigenvalue weighted by atomic mass is 10.4. The predicted octanol–water partition coefficient (Wildman–Crippen LogP) is 3.33. The van der Waals surface area contributed by atoms with Gasteiger partial charge in [-0.2, -0.15) is 4.31 Å². The van der Waals surface area contributed by atoms with Crippen LogP contribution in [0.1, 0.15) is 43.9 Å². The quantitative estimate of drug-likeness (QED) is 0.737. The van der Waals surface area contributed by atoms with Gasteiger partial charge in [0.2, 0.25) is 10.0 Å². The molecule has 3 rings (SSSR count). The van der Waals surface area contributed by atoms with Crippen molar-refractivity contribution >= 4 is 37.3 Å². The van der Waals surface area contributed by atoms with Crippen LogP contribution < -0.4 is 5.32 Å². The Hall–Kier alpha value is 0.0500. The van der Waals surface area contributed by atoms with Crippen molar-refractivity contribution in [1.29, 1.82) is 0 Å². The van der Waals surface area contributed by atoms with E-state index in [9.17, 15) is 8.42 Å². The second kappa shape index (κ2) is 6.28. The van der Waals surface area contributed by atoms with Gasteiger partial charge in [-0.05, 0) is 54.1 Å². The highest BCUT2D eigenvalue weighted by atomic mass is 79.9. The maximum atomic E-state index is 12.9. The number of hydrogen-bond donors (Lipinski definition) is 1. The fourth-order valence-corrected chi connectivity index (χ4v) is 6.76. The molecule has 21 heavy (non-hydrogen) atoms. The molecule has 0 amide bonds. The van der Waals surface area contributed by atoms with Gasteiger partial charge in [-0.1, -0.05) is 6.92 Å². The van der Waals surface area contributed by atoms with Crippen molar-refractivity contribution in [1.82, 2.24) is 9.62 Å². The van der Waals surface area contributed by atoms with Gasteiger partial charge >= 0.3 is 0 Å². The average Bonchev–Trinajstić information content (AvgIpc) is 3.33. The summed E-state index contributed by atoms with van der Waals surface area (Å²) < 4.78 is 28.2. The normalized spacial score (nSPS) is 19.4. The molecule has 1 heterocycles. The highest BCUT2D eigenvalue weighted by Crippen LogP contribution is 2.38. The third kappa shape index (κ3) is 3.69. The van der Waals surface area contributed by atoms with E-state index in [4.69, 9.17) is 0 Å². The first-order valence-electron chi connectivity index (χ1n) is 7.55. The molecule has 1 N–H and O–H groups in total. The van der Waals surface area contributed by atoms with Crippen LogP contribution >= 0.6 is 27.3 Å². The number of thiophene rings is 1. The Morgan fingerprint density at radius 1 is 1.38 bits per heavy atom. The Labute approximate surface area is 139 Å². The highest BCUT2D eigenvalue weighted by Gasteiger charge is 2.38. The van der Waals surface area contributed by atoms with Crippen LogP contribution in [-0.2, 0) is 16.6 Å². The van der Waals surface area contributed by atoms with E-state index in [1.165, 1.54) is 24.2 Å². The highest BCUT2D eigenvalue weighted by molar-refractivity contribution is 9.11. The zero-order valence-electron chi connectivity index (χ0n) is 12.1. The van der Waals surface area contributed by atoms with E-state index in [-0.39, 0.29) is 6.04 Å². The number of sulfonamides is 1. The molecule has 0 bridgehead atoms. The van der Waals surface area contributed by atoms with Crippen molar-refractivity contribution in [2.75, 3.05) is 6.54 Å². The molecule has 1 aromatic heterocycles. The summed E-state index contributed by atoms with van der Waals surface area (Å²) in [5, 5.41) is 3.44. The van der Waals surface area contributed by atoms with Crippen LogP contribution in [-0.4, -0.2) is 31.4 Å². The minimum atomic E-state index is -3.36. The van der Waals surface area contributed by atoms with E-state index in [1.807, 2.05) is 13.0 Å². The lowest BCUT2D eigenvalue weighted by Crippen LogP contribution is -2.33. The molecule has 7 heteroatoms. The third-order valence-corrected chi connectivity index (χ3v) is 8.04. The molecule has 0 spiro atoms. The van der Waals surface area contributed by atoms with Crippen molar-refractivity contribution in [2.45, 2.75) is 62.6 Å². The Balaban J connectivity index is 1.79. The maximum absolute atomic E-state index is 12.9. The van der Waals surface area contributed by atoms with Crippen molar-refractivity contribution in [3.8, 4) is 0 Å². The summed E-state index contributed by atoms with van der Waals surface area (Å²) in [7, 11) is -3.36. The monoisotopic (exact) mass is 392 g/mol. The van der Waals surface area contributed by atoms with E-state index in [2.05, 4.69) is 21.2 Å². The molecular weight excluding hydrogens is 372 g/mol. The molecule has 1 aromatic rings. The Bertz CT molecular complexity index is 606. The maximum Gasteiger partial charge on any atom is 0.245 e. The average molecular weight is 393 g/mol. The largest absolute Gasteiger partial charge is 0.309 e. The van der Waals surface area contributed by atoms with Gasteiger partial charge in [0.15, 0.2) is 0 Å². The lowest BCUT2D eigenvalue weighted by molar-refractivity contribution is 0.403. The van der Waals surface area contributed by atoms with E-state index >= 15 is 0 Å². The van der Waals surface area contributed by atoms with Crippen LogP contribution in [0.25, 0.3) is 0 Å². The Kier molecular flexibility index (Phi) is 4.76. The zero-order chi connectivity index (χ0) is 15.0. The third-order valence-electron chi connectivity index (χ3n) is 3.83. The molecule has 0 saturated heterocycles. The van der Waals surface area contributed by atoms with Crippen LogP contribution in [0.5, 0.6) is 0 Å². The molecule has 4 nitrogen and oxygen atoms in total. The van der Waals surface area contributed by atoms with E-state index < -0.39 is 10.0 Å². The van der Waals surface area contributed by atoms with Gasteiger partial charge in [-0.15, -0.1) is 11.3 Å². The van der Waals surface area contributed by atoms with Gasteiger partial charge < -0.3 is 5.32 Å². The molecule has 0 aromatic carbocycles. The molecular formula is C14H21BrN2O2S2. The second-order valence-corrected chi connectivity index (χ2v) is 10.2. The van der Waals surface area contributed by atoms with Gasteiger partial charge in [0, 0.05) is 30.1 Å². The van der Waals surface area contributed by atoms with E-state index in [0.717, 1.165) is 34.5 Å². The molecule has 2 aliphatic carbocycles. The second-order valence-electron chi connectivity index (χ2n) is 5.85. The summed E-state index contributed by atoms with van der Waals surface area (Å²) >= 11 is 4.98. The Morgan fingerprint density at radius 3 is 2.67 bits per heavy atom. The van der Waals surface area contributed by atoms with Gasteiger partial charge in [-0.3, -0.25) is 0 Å². The topological polar surface area (TPSA) is 49.4 Å². The number of halogens is 1. The molecule has 0 unspecified atom stereocenters. The van der Waals surface area contributed by atoms with Crippen LogP contribution in [0.2, 0.25) is 0 Å². The summed E-state index contributed by atoms with van der Waals surface area (Å²) in [6, 6.07) is 2.69. The Morgan fingerprint density at radius 2 is 2.10 bits per heavy atom. The number of rotatable bonds is 8. The van der Waals surface area contributed by atoms with Gasteiger partial charge in [0.05, 0.1) is 3.79 Å². The summed E-state index contributed by atoms with van der Waals surface area (Å²) in [6.45, 7) is 3.41. The number of nitrogens with zero attached hydrogens (tertiary/aromatic N) is 1. The standard InChI is InChI=1S/C14H21BrN2O2S2/c1-2-7-17(11-5-6-11)21(18,19)13-8-12(20-14(13)15)9-16-10-3-4-10/h8,10-11,16H,2-7,9H2,1H3. The summed E-state index contributed by atoms with van der Waals surface area (Å²) in [5.41, 5.74) is 0. The molecule has 2 fully saturated rings. The lowest BCUT2D eigenvalue weighted by Gasteiger charge is -2.20. The minimum Gasteiger partial charge on any atom is -0.309 e. The SMILES string of the molecule is CCCN(C1CC1)S(=O)(=O)c1cc(CNC2CC2)sc1Br. The molecule has 0 aliphatic heterocycles. The smallest absolute Gasteiger partial charge is 0.245 e. The van der Waals surface area contributed by atoms with E-state index in [1.54, 1.807) is 4.31 Å². The van der Waals surface area contributed by atoms with Crippen LogP contribution in [0.4, 0.5) is 0 Å². The van der Waals surface area contributed by atoms with Gasteiger partial charge in [0.1, 0.15) is 4.90 Å². The first-order chi connectivity index (χ1) is 10.0. The van der Waals surface area contributed by atoms with E-state index in [0.29, 0.717) is 17.5 Å². The van der Waals surface area contributed by atoms with Crippen molar-refractivity contribution < 1.29 is 8.42 Å². The minimum absolute atomic E-state index is 0.217. The van der Waals surface area contributed by atoms with Crippen molar-refractivity contribution in [3.05, 3.63) is 14.7 Å². The van der Waals surface area contributed by atoms with Crippen molar-refractivity contribution in [3.63, 3.8) is 0 Å². The fraction of sp³-hybridized carbons (Fsp3) is 0.714. The first-order valence-corrected chi connectivity index (χ1v) is 10.6. The number of nitrogens with one attached hydrogen (secondary N) is 1. The van der Waals surface area contributed by atoms with Gasteiger partial charge in [0.25, 0.3) is 0 Å². The molecule has 0 radical (unpaired) electrons. The fourth-order valence-electron chi connectivity index (χ4n) is 2.40. The summed E-state index contributed by atoms with van der Waals surface area (Å²) in [4.78, 5) is 1.53. The molecule has 118 valence electrons. The summed E-state index contributed by atoms with van der Waals surface area (Å²) in [5.74, 6) is 0. The van der Waals surface area contributed by atoms with Gasteiger partial charge in [-0.25, -0.2) is 8.42 Å². The molecule has 2 saturated carbocycles. The van der Waals surface area contributed by atoms with Crippen LogP contribution in [0, 0.1) is 0 Å². The first kappa shape index (κ1) is 15.9. The zero-order valence-corrected chi connectivity index (χ0v) is 15.4. The summed E-state index contributed by atoms with van der Waals surface area (Å²) in [6.07, 6.45) is 5.33.